The zero-order valence-electron chi connectivity index (χ0n) is 8.74. The van der Waals surface area contributed by atoms with Crippen molar-refractivity contribution in [1.29, 1.82) is 0 Å². The SMILES string of the molecule is Nc1ncc(NS(=O)(=O)c2ccccc2)cn1. The smallest absolute Gasteiger partial charge is 0.261 e. The van der Waals surface area contributed by atoms with Crippen molar-refractivity contribution >= 4 is 21.7 Å². The van der Waals surface area contributed by atoms with Crippen molar-refractivity contribution in [2.24, 2.45) is 0 Å². The number of hydrogen-bond donors (Lipinski definition) is 2. The van der Waals surface area contributed by atoms with E-state index in [0.29, 0.717) is 0 Å². The number of nitrogens with two attached hydrogens (primary N) is 1. The Labute approximate surface area is 98.6 Å². The number of nitrogen functional groups attached to an aromatic ring is 1. The average Bonchev–Trinajstić information content (AvgIpc) is 2.33. The molecule has 0 fully saturated rings. The molecule has 0 saturated heterocycles. The van der Waals surface area contributed by atoms with Gasteiger partial charge >= 0.3 is 0 Å². The average molecular weight is 250 g/mol. The fourth-order valence-electron chi connectivity index (χ4n) is 1.20. The number of nitrogens with zero attached hydrogens (tertiary/aromatic N) is 2. The van der Waals surface area contributed by atoms with Gasteiger partial charge in [0, 0.05) is 0 Å². The van der Waals surface area contributed by atoms with Gasteiger partial charge in [0.1, 0.15) is 0 Å². The lowest BCUT2D eigenvalue weighted by atomic mass is 10.4. The highest BCUT2D eigenvalue weighted by atomic mass is 32.2. The van der Waals surface area contributed by atoms with Gasteiger partial charge in [-0.1, -0.05) is 18.2 Å². The van der Waals surface area contributed by atoms with Crippen LogP contribution in [0.1, 0.15) is 0 Å². The maximum Gasteiger partial charge on any atom is 0.261 e. The molecule has 1 heterocycles. The van der Waals surface area contributed by atoms with Crippen molar-refractivity contribution in [1.82, 2.24) is 9.97 Å². The minimum absolute atomic E-state index is 0.0904. The summed E-state index contributed by atoms with van der Waals surface area (Å²) in [6.45, 7) is 0. The Morgan fingerprint density at radius 1 is 1.06 bits per heavy atom. The third kappa shape index (κ3) is 2.70. The summed E-state index contributed by atoms with van der Waals surface area (Å²) < 4.78 is 26.1. The molecule has 0 saturated carbocycles. The summed E-state index contributed by atoms with van der Waals surface area (Å²) in [6.07, 6.45) is 2.62. The Morgan fingerprint density at radius 3 is 2.24 bits per heavy atom. The van der Waals surface area contributed by atoms with Gasteiger partial charge in [-0.15, -0.1) is 0 Å². The molecule has 0 amide bonds. The van der Waals surface area contributed by atoms with Crippen molar-refractivity contribution in [3.05, 3.63) is 42.7 Å². The van der Waals surface area contributed by atoms with Crippen LogP contribution in [0.4, 0.5) is 11.6 Å². The number of anilines is 2. The van der Waals surface area contributed by atoms with Crippen LogP contribution >= 0.6 is 0 Å². The van der Waals surface area contributed by atoms with E-state index in [2.05, 4.69) is 14.7 Å². The monoisotopic (exact) mass is 250 g/mol. The second kappa shape index (κ2) is 4.38. The predicted molar refractivity (Wildman–Crippen MR) is 63.7 cm³/mol. The van der Waals surface area contributed by atoms with Crippen molar-refractivity contribution in [2.45, 2.75) is 4.90 Å². The minimum atomic E-state index is -3.60. The van der Waals surface area contributed by atoms with Crippen LogP contribution in [0.25, 0.3) is 0 Å². The fourth-order valence-corrected chi connectivity index (χ4v) is 2.25. The molecule has 0 aliphatic heterocycles. The van der Waals surface area contributed by atoms with Crippen molar-refractivity contribution < 1.29 is 8.42 Å². The van der Waals surface area contributed by atoms with E-state index < -0.39 is 10.0 Å². The van der Waals surface area contributed by atoms with E-state index >= 15 is 0 Å². The van der Waals surface area contributed by atoms with Crippen LogP contribution in [0.3, 0.4) is 0 Å². The molecule has 88 valence electrons. The van der Waals surface area contributed by atoms with Gasteiger partial charge < -0.3 is 5.73 Å². The van der Waals surface area contributed by atoms with E-state index in [4.69, 9.17) is 5.73 Å². The van der Waals surface area contributed by atoms with Crippen LogP contribution in [0.15, 0.2) is 47.6 Å². The molecule has 17 heavy (non-hydrogen) atoms. The van der Waals surface area contributed by atoms with Crippen LogP contribution in [0.2, 0.25) is 0 Å². The third-order valence-electron chi connectivity index (χ3n) is 1.98. The quantitative estimate of drug-likeness (QED) is 0.841. The van der Waals surface area contributed by atoms with Gasteiger partial charge in [0.2, 0.25) is 5.95 Å². The zero-order valence-corrected chi connectivity index (χ0v) is 9.55. The summed E-state index contributed by atoms with van der Waals surface area (Å²) in [7, 11) is -3.60. The number of benzene rings is 1. The highest BCUT2D eigenvalue weighted by molar-refractivity contribution is 7.92. The second-order valence-corrected chi connectivity index (χ2v) is 4.93. The Balaban J connectivity index is 2.27. The fraction of sp³-hybridized carbons (Fsp3) is 0. The molecule has 0 radical (unpaired) electrons. The van der Waals surface area contributed by atoms with Gasteiger partial charge in [-0.2, -0.15) is 0 Å². The molecule has 2 rings (SSSR count). The lowest BCUT2D eigenvalue weighted by Crippen LogP contribution is -2.13. The Morgan fingerprint density at radius 2 is 1.65 bits per heavy atom. The number of sulfonamides is 1. The molecule has 0 atom stereocenters. The van der Waals surface area contributed by atoms with Gasteiger partial charge in [0.05, 0.1) is 23.0 Å². The highest BCUT2D eigenvalue weighted by Gasteiger charge is 2.13. The summed E-state index contributed by atoms with van der Waals surface area (Å²) in [5.74, 6) is 0.0904. The van der Waals surface area contributed by atoms with Gasteiger partial charge in [-0.05, 0) is 12.1 Å². The number of nitrogens with one attached hydrogen (secondary N) is 1. The van der Waals surface area contributed by atoms with E-state index in [-0.39, 0.29) is 16.5 Å². The van der Waals surface area contributed by atoms with Gasteiger partial charge in [-0.3, -0.25) is 4.72 Å². The molecule has 0 aliphatic carbocycles. The first kappa shape index (κ1) is 11.3. The van der Waals surface area contributed by atoms with E-state index in [1.807, 2.05) is 0 Å². The molecule has 0 aliphatic rings. The summed E-state index contributed by atoms with van der Waals surface area (Å²) in [5, 5.41) is 0. The summed E-state index contributed by atoms with van der Waals surface area (Å²) in [4.78, 5) is 7.57. The molecular weight excluding hydrogens is 240 g/mol. The largest absolute Gasteiger partial charge is 0.368 e. The maximum atomic E-state index is 11.9. The highest BCUT2D eigenvalue weighted by Crippen LogP contribution is 2.13. The second-order valence-electron chi connectivity index (χ2n) is 3.25. The number of hydrogen-bond acceptors (Lipinski definition) is 5. The van der Waals surface area contributed by atoms with Crippen molar-refractivity contribution in [2.75, 3.05) is 10.5 Å². The Bertz CT molecular complexity index is 596. The van der Waals surface area contributed by atoms with Crippen LogP contribution < -0.4 is 10.5 Å². The molecule has 0 bridgehead atoms. The minimum Gasteiger partial charge on any atom is -0.368 e. The lowest BCUT2D eigenvalue weighted by molar-refractivity contribution is 0.601. The van der Waals surface area contributed by atoms with Gasteiger partial charge in [0.25, 0.3) is 10.0 Å². The van der Waals surface area contributed by atoms with E-state index in [1.54, 1.807) is 18.2 Å². The van der Waals surface area contributed by atoms with Crippen LogP contribution in [-0.4, -0.2) is 18.4 Å². The third-order valence-corrected chi connectivity index (χ3v) is 3.37. The number of rotatable bonds is 3. The molecule has 3 N–H and O–H groups in total. The standard InChI is InChI=1S/C10H10N4O2S/c11-10-12-6-8(7-13-10)14-17(15,16)9-4-2-1-3-5-9/h1-7,14H,(H2,11,12,13). The first-order valence-corrected chi connectivity index (χ1v) is 6.22. The van der Waals surface area contributed by atoms with E-state index in [0.717, 1.165) is 0 Å². The van der Waals surface area contributed by atoms with Crippen molar-refractivity contribution in [3.63, 3.8) is 0 Å². The first-order chi connectivity index (χ1) is 8.08. The summed E-state index contributed by atoms with van der Waals surface area (Å²) in [6, 6.07) is 8.04. The van der Waals surface area contributed by atoms with Crippen molar-refractivity contribution in [3.8, 4) is 0 Å². The van der Waals surface area contributed by atoms with Gasteiger partial charge in [-0.25, -0.2) is 18.4 Å². The molecule has 2 aromatic rings. The normalized spacial score (nSPS) is 11.1. The lowest BCUT2D eigenvalue weighted by Gasteiger charge is -2.06. The first-order valence-electron chi connectivity index (χ1n) is 4.73. The topological polar surface area (TPSA) is 98.0 Å². The van der Waals surface area contributed by atoms with E-state index in [1.165, 1.54) is 24.5 Å². The number of aromatic nitrogens is 2. The molecule has 1 aromatic carbocycles. The van der Waals surface area contributed by atoms with E-state index in [9.17, 15) is 8.42 Å². The zero-order chi connectivity index (χ0) is 12.3. The van der Waals surface area contributed by atoms with Crippen LogP contribution in [-0.2, 0) is 10.0 Å². The molecule has 1 aromatic heterocycles. The molecule has 0 spiro atoms. The molecular formula is C10H10N4O2S. The molecule has 0 unspecified atom stereocenters. The van der Waals surface area contributed by atoms with Gasteiger partial charge in [0.15, 0.2) is 0 Å². The summed E-state index contributed by atoms with van der Waals surface area (Å²) >= 11 is 0. The Kier molecular flexibility index (Phi) is 2.92. The van der Waals surface area contributed by atoms with Crippen LogP contribution in [0.5, 0.6) is 0 Å². The Hall–Kier alpha value is -2.15. The van der Waals surface area contributed by atoms with Crippen LogP contribution in [0, 0.1) is 0 Å². The molecule has 7 heteroatoms. The summed E-state index contributed by atoms with van der Waals surface area (Å²) in [5.41, 5.74) is 5.57. The predicted octanol–water partition coefficient (Wildman–Crippen LogP) is 0.860. The molecule has 6 nitrogen and oxygen atoms in total. The maximum absolute atomic E-state index is 11.9.